The highest BCUT2D eigenvalue weighted by Crippen LogP contribution is 2.38. The van der Waals surface area contributed by atoms with Crippen LogP contribution in [0.4, 0.5) is 0 Å². The number of hydrogen-bond donors (Lipinski definition) is 4. The Labute approximate surface area is 138 Å². The van der Waals surface area contributed by atoms with Gasteiger partial charge in [0.1, 0.15) is 5.75 Å². The zero-order valence-electron chi connectivity index (χ0n) is 13.0. The Balaban J connectivity index is 1.87. The Kier molecular flexibility index (Phi) is 3.50. The molecule has 1 aliphatic heterocycles. The number of phenols is 1. The van der Waals surface area contributed by atoms with E-state index in [4.69, 9.17) is 0 Å². The molecule has 0 amide bonds. The summed E-state index contributed by atoms with van der Waals surface area (Å²) in [5.74, 6) is -0.623. The zero-order valence-corrected chi connectivity index (χ0v) is 13.0. The summed E-state index contributed by atoms with van der Waals surface area (Å²) in [4.78, 5) is 14.6. The molecule has 5 heteroatoms. The fourth-order valence-corrected chi connectivity index (χ4v) is 3.63. The van der Waals surface area contributed by atoms with E-state index in [1.54, 1.807) is 12.1 Å². The normalized spacial score (nSPS) is 20.0. The summed E-state index contributed by atoms with van der Waals surface area (Å²) in [6, 6.07) is 14.8. The van der Waals surface area contributed by atoms with Gasteiger partial charge in [-0.3, -0.25) is 4.79 Å². The van der Waals surface area contributed by atoms with Gasteiger partial charge in [-0.25, -0.2) is 0 Å². The van der Waals surface area contributed by atoms with Crippen molar-refractivity contribution in [3.05, 3.63) is 65.4 Å². The molecule has 122 valence electrons. The molecule has 1 aromatic heterocycles. The SMILES string of the molecule is O=C(O)C[C@H]1Cc2c([nH]c3ccccc23)[C@@H](c2ccccc2O)N1. The summed E-state index contributed by atoms with van der Waals surface area (Å²) < 4.78 is 0. The molecule has 0 saturated carbocycles. The van der Waals surface area contributed by atoms with Crippen LogP contribution in [0.5, 0.6) is 5.75 Å². The number of aromatic amines is 1. The first kappa shape index (κ1) is 14.8. The number of nitrogens with one attached hydrogen (secondary N) is 2. The highest BCUT2D eigenvalue weighted by atomic mass is 16.4. The van der Waals surface area contributed by atoms with E-state index in [9.17, 15) is 15.0 Å². The van der Waals surface area contributed by atoms with E-state index in [1.807, 2.05) is 30.3 Å². The van der Waals surface area contributed by atoms with Gasteiger partial charge in [-0.2, -0.15) is 0 Å². The molecule has 2 heterocycles. The van der Waals surface area contributed by atoms with E-state index in [0.29, 0.717) is 6.42 Å². The first-order valence-electron chi connectivity index (χ1n) is 7.98. The second-order valence-corrected chi connectivity index (χ2v) is 6.22. The Bertz CT molecular complexity index is 916. The molecule has 4 rings (SSSR count). The van der Waals surface area contributed by atoms with Crippen LogP contribution in [-0.2, 0) is 11.2 Å². The number of hydrogen-bond acceptors (Lipinski definition) is 3. The third kappa shape index (κ3) is 2.43. The molecule has 5 nitrogen and oxygen atoms in total. The van der Waals surface area contributed by atoms with Crippen LogP contribution in [-0.4, -0.2) is 27.2 Å². The van der Waals surface area contributed by atoms with E-state index >= 15 is 0 Å². The predicted molar refractivity (Wildman–Crippen MR) is 91.1 cm³/mol. The summed E-state index contributed by atoms with van der Waals surface area (Å²) in [5.41, 5.74) is 3.91. The van der Waals surface area contributed by atoms with Crippen molar-refractivity contribution in [2.45, 2.75) is 24.9 Å². The molecule has 2 aromatic carbocycles. The Morgan fingerprint density at radius 1 is 1.12 bits per heavy atom. The topological polar surface area (TPSA) is 85.3 Å². The van der Waals surface area contributed by atoms with Crippen molar-refractivity contribution in [1.82, 2.24) is 10.3 Å². The lowest BCUT2D eigenvalue weighted by molar-refractivity contribution is -0.137. The molecule has 3 aromatic rings. The van der Waals surface area contributed by atoms with E-state index in [1.165, 1.54) is 0 Å². The van der Waals surface area contributed by atoms with Gasteiger partial charge in [0.25, 0.3) is 0 Å². The van der Waals surface area contributed by atoms with Crippen molar-refractivity contribution in [3.8, 4) is 5.75 Å². The number of benzene rings is 2. The average molecular weight is 322 g/mol. The minimum absolute atomic E-state index is 0.0447. The fourth-order valence-electron chi connectivity index (χ4n) is 3.63. The summed E-state index contributed by atoms with van der Waals surface area (Å²) in [6.45, 7) is 0. The summed E-state index contributed by atoms with van der Waals surface area (Å²) in [7, 11) is 0. The van der Waals surface area contributed by atoms with E-state index in [0.717, 1.165) is 27.7 Å². The van der Waals surface area contributed by atoms with Crippen molar-refractivity contribution >= 4 is 16.9 Å². The minimum Gasteiger partial charge on any atom is -0.508 e. The molecule has 24 heavy (non-hydrogen) atoms. The second kappa shape index (κ2) is 5.69. The van der Waals surface area contributed by atoms with Crippen LogP contribution in [0.1, 0.15) is 29.3 Å². The number of fused-ring (bicyclic) bond motifs is 3. The summed E-state index contributed by atoms with van der Waals surface area (Å²) in [6.07, 6.45) is 0.693. The van der Waals surface area contributed by atoms with Crippen LogP contribution in [0.3, 0.4) is 0 Å². The number of rotatable bonds is 3. The Hall–Kier alpha value is -2.79. The van der Waals surface area contributed by atoms with Crippen LogP contribution in [0.25, 0.3) is 10.9 Å². The lowest BCUT2D eigenvalue weighted by Gasteiger charge is -2.31. The summed E-state index contributed by atoms with van der Waals surface area (Å²) >= 11 is 0. The monoisotopic (exact) mass is 322 g/mol. The fraction of sp³-hybridized carbons (Fsp3) is 0.211. The second-order valence-electron chi connectivity index (χ2n) is 6.22. The molecular formula is C19H18N2O3. The van der Waals surface area contributed by atoms with Crippen LogP contribution in [0.2, 0.25) is 0 Å². The molecule has 0 aliphatic carbocycles. The Morgan fingerprint density at radius 2 is 1.88 bits per heavy atom. The van der Waals surface area contributed by atoms with Crippen LogP contribution < -0.4 is 5.32 Å². The van der Waals surface area contributed by atoms with Gasteiger partial charge < -0.3 is 20.5 Å². The van der Waals surface area contributed by atoms with E-state index in [-0.39, 0.29) is 24.3 Å². The number of carboxylic acid groups (broad SMARTS) is 1. The third-order valence-electron chi connectivity index (χ3n) is 4.66. The molecular weight excluding hydrogens is 304 g/mol. The van der Waals surface area contributed by atoms with Crippen molar-refractivity contribution in [2.75, 3.05) is 0 Å². The van der Waals surface area contributed by atoms with E-state index in [2.05, 4.69) is 16.4 Å². The van der Waals surface area contributed by atoms with Crippen molar-refractivity contribution in [2.24, 2.45) is 0 Å². The van der Waals surface area contributed by atoms with E-state index < -0.39 is 5.97 Å². The number of carboxylic acids is 1. The number of aromatic hydroxyl groups is 1. The Morgan fingerprint density at radius 3 is 2.67 bits per heavy atom. The van der Waals surface area contributed by atoms with Gasteiger partial charge in [-0.05, 0) is 24.1 Å². The molecule has 0 unspecified atom stereocenters. The quantitative estimate of drug-likeness (QED) is 0.597. The van der Waals surface area contributed by atoms with Gasteiger partial charge in [-0.15, -0.1) is 0 Å². The van der Waals surface area contributed by atoms with Gasteiger partial charge in [0, 0.05) is 28.2 Å². The van der Waals surface area contributed by atoms with Crippen LogP contribution in [0.15, 0.2) is 48.5 Å². The maximum atomic E-state index is 11.2. The number of aliphatic carboxylic acids is 1. The zero-order chi connectivity index (χ0) is 16.7. The smallest absolute Gasteiger partial charge is 0.304 e. The largest absolute Gasteiger partial charge is 0.508 e. The lowest BCUT2D eigenvalue weighted by atomic mass is 9.89. The van der Waals surface area contributed by atoms with Crippen LogP contribution >= 0.6 is 0 Å². The maximum absolute atomic E-state index is 11.2. The molecule has 4 N–H and O–H groups in total. The summed E-state index contributed by atoms with van der Waals surface area (Å²) in [5, 5.41) is 24.0. The average Bonchev–Trinajstić information content (AvgIpc) is 2.93. The molecule has 0 radical (unpaired) electrons. The number of carbonyl (C=O) groups is 1. The molecule has 0 bridgehead atoms. The number of H-pyrrole nitrogens is 1. The number of para-hydroxylation sites is 2. The lowest BCUT2D eigenvalue weighted by Crippen LogP contribution is -2.41. The standard InChI is InChI=1S/C19H18N2O3/c22-16-8-4-2-6-13(16)18-19-14(9-11(20-18)10-17(23)24)12-5-1-3-7-15(12)21-19/h1-8,11,18,20-22H,9-10H2,(H,23,24)/t11-,18-/m1/s1. The first-order chi connectivity index (χ1) is 11.6. The molecule has 0 spiro atoms. The number of phenolic OH excluding ortho intramolecular Hbond substituents is 1. The molecule has 1 aliphatic rings. The van der Waals surface area contributed by atoms with Crippen molar-refractivity contribution < 1.29 is 15.0 Å². The third-order valence-corrected chi connectivity index (χ3v) is 4.66. The molecule has 2 atom stereocenters. The van der Waals surface area contributed by atoms with Crippen molar-refractivity contribution in [3.63, 3.8) is 0 Å². The van der Waals surface area contributed by atoms with Gasteiger partial charge in [0.2, 0.25) is 0 Å². The van der Waals surface area contributed by atoms with Crippen molar-refractivity contribution in [1.29, 1.82) is 0 Å². The van der Waals surface area contributed by atoms with Gasteiger partial charge in [0.15, 0.2) is 0 Å². The van der Waals surface area contributed by atoms with Crippen LogP contribution in [0, 0.1) is 0 Å². The predicted octanol–water partition coefficient (Wildman–Crippen LogP) is 2.95. The van der Waals surface area contributed by atoms with Gasteiger partial charge in [0.05, 0.1) is 12.5 Å². The minimum atomic E-state index is -0.827. The number of aromatic nitrogens is 1. The van der Waals surface area contributed by atoms with Gasteiger partial charge in [-0.1, -0.05) is 36.4 Å². The van der Waals surface area contributed by atoms with Gasteiger partial charge >= 0.3 is 5.97 Å². The maximum Gasteiger partial charge on any atom is 0.304 e. The first-order valence-corrected chi connectivity index (χ1v) is 7.98. The highest BCUT2D eigenvalue weighted by molar-refractivity contribution is 5.85. The molecule has 0 saturated heterocycles. The molecule has 0 fully saturated rings. The highest BCUT2D eigenvalue weighted by Gasteiger charge is 2.32.